The molecule has 0 N–H and O–H groups in total. The van der Waals surface area contributed by atoms with Crippen molar-refractivity contribution in [2.45, 2.75) is 38.6 Å². The third-order valence-electron chi connectivity index (χ3n) is 2.35. The molecular weight excluding hydrogens is 250 g/mol. The van der Waals surface area contributed by atoms with Crippen LogP contribution in [0.5, 0.6) is 0 Å². The molecular formula is C9H15NO6S. The number of carbonyl (C=O) groups excluding carboxylic acids is 1. The quantitative estimate of drug-likeness (QED) is 0.625. The predicted octanol–water partition coefficient (Wildman–Crippen LogP) is 0.266. The molecule has 0 aromatic carbocycles. The van der Waals surface area contributed by atoms with Crippen LogP contribution in [0.3, 0.4) is 0 Å². The van der Waals surface area contributed by atoms with Gasteiger partial charge in [0.2, 0.25) is 0 Å². The van der Waals surface area contributed by atoms with Crippen molar-refractivity contribution < 1.29 is 26.3 Å². The molecule has 17 heavy (non-hydrogen) atoms. The standard InChI is InChI=1S/C9H15NO6S/c1-9(2,3)14-8(11)10-4-6-7(5-10)16-17(12,13)15-6/h6-7H,4-5H2,1-3H3/t6-,7+. The zero-order valence-corrected chi connectivity index (χ0v) is 10.7. The van der Waals surface area contributed by atoms with Crippen molar-refractivity contribution in [3.8, 4) is 0 Å². The molecule has 8 heteroatoms. The van der Waals surface area contributed by atoms with Crippen molar-refractivity contribution in [2.24, 2.45) is 0 Å². The lowest BCUT2D eigenvalue weighted by Crippen LogP contribution is -2.36. The molecule has 2 fully saturated rings. The van der Waals surface area contributed by atoms with E-state index >= 15 is 0 Å². The predicted molar refractivity (Wildman–Crippen MR) is 56.5 cm³/mol. The van der Waals surface area contributed by atoms with E-state index in [1.165, 1.54) is 4.90 Å². The molecule has 98 valence electrons. The van der Waals surface area contributed by atoms with Crippen LogP contribution in [0.25, 0.3) is 0 Å². The number of ether oxygens (including phenoxy) is 1. The molecule has 7 nitrogen and oxygen atoms in total. The Bertz CT molecular complexity index is 405. The minimum absolute atomic E-state index is 0.165. The second-order valence-electron chi connectivity index (χ2n) is 5.06. The van der Waals surface area contributed by atoms with Crippen molar-refractivity contribution in [3.63, 3.8) is 0 Å². The Morgan fingerprint density at radius 1 is 1.24 bits per heavy atom. The Kier molecular flexibility index (Phi) is 2.83. The summed E-state index contributed by atoms with van der Waals surface area (Å²) in [4.78, 5) is 13.1. The highest BCUT2D eigenvalue weighted by molar-refractivity contribution is 7.82. The molecule has 2 rings (SSSR count). The van der Waals surface area contributed by atoms with E-state index < -0.39 is 34.3 Å². The van der Waals surface area contributed by atoms with Gasteiger partial charge in [0.15, 0.2) is 0 Å². The van der Waals surface area contributed by atoms with Crippen LogP contribution in [0.1, 0.15) is 20.8 Å². The summed E-state index contributed by atoms with van der Waals surface area (Å²) in [5.74, 6) is 0. The molecule has 0 aromatic heterocycles. The number of carbonyl (C=O) groups is 1. The minimum atomic E-state index is -3.87. The maximum Gasteiger partial charge on any atom is 0.410 e. The largest absolute Gasteiger partial charge is 0.444 e. The number of hydrogen-bond donors (Lipinski definition) is 0. The van der Waals surface area contributed by atoms with Gasteiger partial charge in [0.1, 0.15) is 17.8 Å². The van der Waals surface area contributed by atoms with E-state index in [-0.39, 0.29) is 13.1 Å². The Hall–Kier alpha value is -0.860. The smallest absolute Gasteiger partial charge is 0.410 e. The van der Waals surface area contributed by atoms with Crippen molar-refractivity contribution in [2.75, 3.05) is 13.1 Å². The van der Waals surface area contributed by atoms with Gasteiger partial charge in [0.25, 0.3) is 0 Å². The summed E-state index contributed by atoms with van der Waals surface area (Å²) in [6.45, 7) is 5.62. The fourth-order valence-electron chi connectivity index (χ4n) is 1.73. The Morgan fingerprint density at radius 3 is 2.12 bits per heavy atom. The lowest BCUT2D eigenvalue weighted by molar-refractivity contribution is 0.0261. The maximum absolute atomic E-state index is 11.7. The molecule has 2 atom stereocenters. The molecule has 0 spiro atoms. The average Bonchev–Trinajstić information content (AvgIpc) is 2.53. The second kappa shape index (κ2) is 3.82. The van der Waals surface area contributed by atoms with E-state index in [0.717, 1.165) is 0 Å². The molecule has 0 aliphatic carbocycles. The van der Waals surface area contributed by atoms with Gasteiger partial charge in [-0.15, -0.1) is 0 Å². The zero-order valence-electron chi connectivity index (χ0n) is 9.87. The number of fused-ring (bicyclic) bond motifs is 1. The first-order valence-corrected chi connectivity index (χ1v) is 6.59. The summed E-state index contributed by atoms with van der Waals surface area (Å²) < 4.78 is 36.5. The number of amides is 1. The summed E-state index contributed by atoms with van der Waals surface area (Å²) in [5, 5.41) is 0. The van der Waals surface area contributed by atoms with E-state index in [9.17, 15) is 13.2 Å². The third kappa shape index (κ3) is 2.88. The first-order chi connectivity index (χ1) is 7.66. The SMILES string of the molecule is CC(C)(C)OC(=O)N1C[C@@H]2OS(=O)(=O)O[C@@H]2C1. The lowest BCUT2D eigenvalue weighted by atomic mass is 10.2. The molecule has 0 aromatic rings. The van der Waals surface area contributed by atoms with Gasteiger partial charge < -0.3 is 9.64 Å². The van der Waals surface area contributed by atoms with E-state index in [1.54, 1.807) is 20.8 Å². The fraction of sp³-hybridized carbons (Fsp3) is 0.889. The van der Waals surface area contributed by atoms with Crippen LogP contribution in [0.2, 0.25) is 0 Å². The Morgan fingerprint density at radius 2 is 1.71 bits per heavy atom. The monoisotopic (exact) mass is 265 g/mol. The highest BCUT2D eigenvalue weighted by atomic mass is 32.3. The Balaban J connectivity index is 1.95. The number of nitrogens with zero attached hydrogens (tertiary/aromatic N) is 1. The van der Waals surface area contributed by atoms with E-state index in [4.69, 9.17) is 4.74 Å². The van der Waals surface area contributed by atoms with Gasteiger partial charge in [-0.3, -0.25) is 0 Å². The van der Waals surface area contributed by atoms with Crippen LogP contribution in [-0.4, -0.2) is 50.3 Å². The first-order valence-electron chi connectivity index (χ1n) is 5.26. The molecule has 0 radical (unpaired) electrons. The third-order valence-corrected chi connectivity index (χ3v) is 3.32. The maximum atomic E-state index is 11.7. The van der Waals surface area contributed by atoms with Crippen LogP contribution in [-0.2, 0) is 23.5 Å². The van der Waals surface area contributed by atoms with Gasteiger partial charge >= 0.3 is 16.5 Å². The molecule has 2 aliphatic rings. The van der Waals surface area contributed by atoms with Crippen LogP contribution in [0, 0.1) is 0 Å². The highest BCUT2D eigenvalue weighted by Crippen LogP contribution is 2.28. The van der Waals surface area contributed by atoms with Crippen LogP contribution < -0.4 is 0 Å². The van der Waals surface area contributed by atoms with Gasteiger partial charge in [-0.1, -0.05) is 0 Å². The molecule has 0 bridgehead atoms. The van der Waals surface area contributed by atoms with Crippen LogP contribution in [0.4, 0.5) is 4.79 Å². The lowest BCUT2D eigenvalue weighted by Gasteiger charge is -2.24. The molecule has 2 aliphatic heterocycles. The summed E-state index contributed by atoms with van der Waals surface area (Å²) in [6, 6.07) is 0. The second-order valence-corrected chi connectivity index (χ2v) is 6.26. The minimum Gasteiger partial charge on any atom is -0.444 e. The topological polar surface area (TPSA) is 82.1 Å². The number of likely N-dealkylation sites (tertiary alicyclic amines) is 1. The molecule has 2 saturated heterocycles. The van der Waals surface area contributed by atoms with Gasteiger partial charge in [-0.2, -0.15) is 8.42 Å². The molecule has 1 amide bonds. The highest BCUT2D eigenvalue weighted by Gasteiger charge is 2.48. The summed E-state index contributed by atoms with van der Waals surface area (Å²) in [7, 11) is -3.87. The van der Waals surface area contributed by atoms with Gasteiger partial charge in [-0.05, 0) is 20.8 Å². The van der Waals surface area contributed by atoms with Crippen molar-refractivity contribution in [3.05, 3.63) is 0 Å². The molecule has 0 saturated carbocycles. The van der Waals surface area contributed by atoms with Gasteiger partial charge in [-0.25, -0.2) is 13.2 Å². The normalized spacial score (nSPS) is 31.4. The van der Waals surface area contributed by atoms with Crippen LogP contribution in [0.15, 0.2) is 0 Å². The Labute approximate surface area is 100.0 Å². The molecule has 0 unspecified atom stereocenters. The van der Waals surface area contributed by atoms with Crippen molar-refractivity contribution in [1.82, 2.24) is 4.90 Å². The van der Waals surface area contributed by atoms with Crippen molar-refractivity contribution in [1.29, 1.82) is 0 Å². The first kappa shape index (κ1) is 12.6. The summed E-state index contributed by atoms with van der Waals surface area (Å²) >= 11 is 0. The van der Waals surface area contributed by atoms with E-state index in [0.29, 0.717) is 0 Å². The van der Waals surface area contributed by atoms with E-state index in [1.807, 2.05) is 0 Å². The number of rotatable bonds is 0. The van der Waals surface area contributed by atoms with E-state index in [2.05, 4.69) is 8.37 Å². The average molecular weight is 265 g/mol. The summed E-state index contributed by atoms with van der Waals surface area (Å²) in [6.07, 6.45) is -1.73. The van der Waals surface area contributed by atoms with Gasteiger partial charge in [0, 0.05) is 0 Å². The molecule has 2 heterocycles. The number of hydrogen-bond acceptors (Lipinski definition) is 6. The fourth-order valence-corrected chi connectivity index (χ4v) is 2.75. The van der Waals surface area contributed by atoms with Gasteiger partial charge in [0.05, 0.1) is 13.1 Å². The summed E-state index contributed by atoms with van der Waals surface area (Å²) in [5.41, 5.74) is -0.581. The van der Waals surface area contributed by atoms with Crippen molar-refractivity contribution >= 4 is 16.5 Å². The zero-order chi connectivity index (χ0) is 12.8. The van der Waals surface area contributed by atoms with Crippen LogP contribution >= 0.6 is 0 Å².